The number of nitrogens with one attached hydrogen (secondary N) is 1. The van der Waals surface area contributed by atoms with E-state index in [2.05, 4.69) is 34.5 Å². The summed E-state index contributed by atoms with van der Waals surface area (Å²) in [6, 6.07) is 5.36. The van der Waals surface area contributed by atoms with Crippen molar-refractivity contribution in [1.29, 1.82) is 0 Å². The molecule has 5 heteroatoms. The summed E-state index contributed by atoms with van der Waals surface area (Å²) in [7, 11) is -3.49. The average Bonchev–Trinajstić information content (AvgIpc) is 2.12. The van der Waals surface area contributed by atoms with Crippen molar-refractivity contribution in [3.8, 4) is 0 Å². The van der Waals surface area contributed by atoms with Gasteiger partial charge in [0, 0.05) is 10.0 Å². The number of hydrogen-bond donors (Lipinski definition) is 1. The van der Waals surface area contributed by atoms with Gasteiger partial charge in [-0.05, 0) is 60.3 Å². The normalized spacial score (nSPS) is 13.1. The zero-order chi connectivity index (χ0) is 14.1. The maximum Gasteiger partial charge on any atom is 0.242 e. The molecule has 0 atom stereocenters. The van der Waals surface area contributed by atoms with E-state index >= 15 is 0 Å². The van der Waals surface area contributed by atoms with Crippen LogP contribution in [0.1, 0.15) is 46.1 Å². The fraction of sp³-hybridized carbons (Fsp3) is 0.538. The fourth-order valence-corrected chi connectivity index (χ4v) is 4.07. The minimum atomic E-state index is -3.49. The molecule has 102 valence electrons. The molecule has 0 aliphatic carbocycles. The van der Waals surface area contributed by atoms with Gasteiger partial charge < -0.3 is 0 Å². The minimum absolute atomic E-state index is 0.279. The van der Waals surface area contributed by atoms with E-state index in [-0.39, 0.29) is 4.90 Å². The van der Waals surface area contributed by atoms with E-state index in [1.807, 2.05) is 32.9 Å². The molecular weight excluding hydrogens is 314 g/mol. The standard InChI is InChI=1S/C13H20BrNO2S/c1-9(2)10-6-7-12(11(14)8-10)18(16,17)15-13(3,4)5/h6-9,15H,1-5H3. The summed E-state index contributed by atoms with van der Waals surface area (Å²) in [6.07, 6.45) is 0. The van der Waals surface area contributed by atoms with Gasteiger partial charge in [-0.15, -0.1) is 0 Å². The molecule has 0 amide bonds. The van der Waals surface area contributed by atoms with Crippen molar-refractivity contribution >= 4 is 26.0 Å². The Morgan fingerprint density at radius 1 is 1.22 bits per heavy atom. The molecule has 0 fully saturated rings. The Bertz CT molecular complexity index is 530. The Morgan fingerprint density at radius 3 is 2.17 bits per heavy atom. The predicted molar refractivity (Wildman–Crippen MR) is 78.3 cm³/mol. The van der Waals surface area contributed by atoms with Crippen molar-refractivity contribution in [2.75, 3.05) is 0 Å². The third-order valence-corrected chi connectivity index (χ3v) is 5.09. The van der Waals surface area contributed by atoms with Crippen LogP contribution >= 0.6 is 15.9 Å². The first-order chi connectivity index (χ1) is 8.03. The van der Waals surface area contributed by atoms with E-state index in [9.17, 15) is 8.42 Å². The van der Waals surface area contributed by atoms with Gasteiger partial charge in [-0.1, -0.05) is 19.9 Å². The zero-order valence-corrected chi connectivity index (χ0v) is 13.8. The van der Waals surface area contributed by atoms with Crippen molar-refractivity contribution in [3.63, 3.8) is 0 Å². The summed E-state index contributed by atoms with van der Waals surface area (Å²) in [5.41, 5.74) is 0.617. The second-order valence-corrected chi connectivity index (χ2v) is 8.21. The van der Waals surface area contributed by atoms with Crippen LogP contribution < -0.4 is 4.72 Å². The Kier molecular flexibility index (Phi) is 4.62. The third kappa shape index (κ3) is 4.07. The Morgan fingerprint density at radius 2 is 1.78 bits per heavy atom. The van der Waals surface area contributed by atoms with Gasteiger partial charge in [-0.25, -0.2) is 13.1 Å². The summed E-state index contributed by atoms with van der Waals surface area (Å²) in [6.45, 7) is 9.61. The van der Waals surface area contributed by atoms with Crippen molar-refractivity contribution in [1.82, 2.24) is 4.72 Å². The van der Waals surface area contributed by atoms with Gasteiger partial charge in [0.25, 0.3) is 0 Å². The van der Waals surface area contributed by atoms with Crippen molar-refractivity contribution in [2.45, 2.75) is 51.0 Å². The van der Waals surface area contributed by atoms with E-state index in [1.165, 1.54) is 0 Å². The summed E-state index contributed by atoms with van der Waals surface area (Å²) >= 11 is 3.34. The molecule has 0 saturated carbocycles. The molecule has 0 aliphatic rings. The molecule has 1 aromatic carbocycles. The number of rotatable bonds is 3. The second kappa shape index (κ2) is 5.31. The average molecular weight is 334 g/mol. The first-order valence-corrected chi connectivity index (χ1v) is 8.14. The van der Waals surface area contributed by atoms with E-state index in [4.69, 9.17) is 0 Å². The number of sulfonamides is 1. The van der Waals surface area contributed by atoms with Gasteiger partial charge in [-0.3, -0.25) is 0 Å². The molecule has 0 spiro atoms. The maximum absolute atomic E-state index is 12.2. The summed E-state index contributed by atoms with van der Waals surface area (Å²) in [5, 5.41) is 0. The lowest BCUT2D eigenvalue weighted by Crippen LogP contribution is -2.40. The van der Waals surface area contributed by atoms with Gasteiger partial charge in [0.2, 0.25) is 10.0 Å². The van der Waals surface area contributed by atoms with Crippen LogP contribution in [0.5, 0.6) is 0 Å². The second-order valence-electron chi connectivity index (χ2n) is 5.70. The summed E-state index contributed by atoms with van der Waals surface area (Å²) in [5.74, 6) is 0.369. The molecule has 0 radical (unpaired) electrons. The molecule has 1 rings (SSSR count). The summed E-state index contributed by atoms with van der Waals surface area (Å²) in [4.78, 5) is 0.279. The molecule has 0 saturated heterocycles. The van der Waals surface area contributed by atoms with Crippen molar-refractivity contribution < 1.29 is 8.42 Å². The highest BCUT2D eigenvalue weighted by Crippen LogP contribution is 2.27. The molecule has 0 heterocycles. The van der Waals surface area contributed by atoms with Crippen LogP contribution in [-0.4, -0.2) is 14.0 Å². The Labute approximate surface area is 118 Å². The highest BCUT2D eigenvalue weighted by Gasteiger charge is 2.24. The van der Waals surface area contributed by atoms with Crippen molar-refractivity contribution in [3.05, 3.63) is 28.2 Å². The van der Waals surface area contributed by atoms with Gasteiger partial charge in [0.05, 0.1) is 4.90 Å². The zero-order valence-electron chi connectivity index (χ0n) is 11.4. The third-order valence-electron chi connectivity index (χ3n) is 2.35. The first kappa shape index (κ1) is 15.7. The van der Waals surface area contributed by atoms with Crippen LogP contribution in [0.4, 0.5) is 0 Å². The lowest BCUT2D eigenvalue weighted by molar-refractivity contribution is 0.491. The maximum atomic E-state index is 12.2. The van der Waals surface area contributed by atoms with Crippen LogP contribution in [-0.2, 0) is 10.0 Å². The van der Waals surface area contributed by atoms with Crippen LogP contribution in [0.2, 0.25) is 0 Å². The predicted octanol–water partition coefficient (Wildman–Crippen LogP) is 3.65. The number of hydrogen-bond acceptors (Lipinski definition) is 2. The largest absolute Gasteiger partial charge is 0.242 e. The smallest absolute Gasteiger partial charge is 0.207 e. The number of benzene rings is 1. The topological polar surface area (TPSA) is 46.2 Å². The fourth-order valence-electron chi connectivity index (χ4n) is 1.55. The molecule has 0 bridgehead atoms. The highest BCUT2D eigenvalue weighted by molar-refractivity contribution is 9.10. The molecule has 18 heavy (non-hydrogen) atoms. The first-order valence-electron chi connectivity index (χ1n) is 5.86. The van der Waals surface area contributed by atoms with Crippen LogP contribution in [0.3, 0.4) is 0 Å². The lowest BCUT2D eigenvalue weighted by atomic mass is 10.0. The quantitative estimate of drug-likeness (QED) is 0.917. The molecular formula is C13H20BrNO2S. The Balaban J connectivity index is 3.19. The van der Waals surface area contributed by atoms with Crippen LogP contribution in [0.15, 0.2) is 27.6 Å². The molecule has 1 aromatic rings. The monoisotopic (exact) mass is 333 g/mol. The molecule has 0 unspecified atom stereocenters. The van der Waals surface area contributed by atoms with E-state index in [0.717, 1.165) is 5.56 Å². The van der Waals surface area contributed by atoms with Gasteiger partial charge in [0.15, 0.2) is 0 Å². The van der Waals surface area contributed by atoms with E-state index in [1.54, 1.807) is 6.07 Å². The number of halogens is 1. The molecule has 3 nitrogen and oxygen atoms in total. The molecule has 1 N–H and O–H groups in total. The summed E-state index contributed by atoms with van der Waals surface area (Å²) < 4.78 is 27.7. The molecule has 0 aromatic heterocycles. The SMILES string of the molecule is CC(C)c1ccc(S(=O)(=O)NC(C)(C)C)c(Br)c1. The molecule has 0 aliphatic heterocycles. The Hall–Kier alpha value is -0.390. The van der Waals surface area contributed by atoms with Crippen LogP contribution in [0.25, 0.3) is 0 Å². The van der Waals surface area contributed by atoms with E-state index in [0.29, 0.717) is 10.4 Å². The minimum Gasteiger partial charge on any atom is -0.207 e. The highest BCUT2D eigenvalue weighted by atomic mass is 79.9. The van der Waals surface area contributed by atoms with Gasteiger partial charge >= 0.3 is 0 Å². The van der Waals surface area contributed by atoms with Gasteiger partial charge in [0.1, 0.15) is 0 Å². The van der Waals surface area contributed by atoms with Crippen LogP contribution in [0, 0.1) is 0 Å². The van der Waals surface area contributed by atoms with E-state index < -0.39 is 15.6 Å². The van der Waals surface area contributed by atoms with Crippen molar-refractivity contribution in [2.24, 2.45) is 0 Å². The lowest BCUT2D eigenvalue weighted by Gasteiger charge is -2.21. The van der Waals surface area contributed by atoms with Gasteiger partial charge in [-0.2, -0.15) is 0 Å².